The first kappa shape index (κ1) is 16.7. The predicted octanol–water partition coefficient (Wildman–Crippen LogP) is 5.64. The van der Waals surface area contributed by atoms with Crippen LogP contribution in [0.25, 0.3) is 0 Å². The van der Waals surface area contributed by atoms with Crippen molar-refractivity contribution in [2.24, 2.45) is 0 Å². The molecule has 0 nitrogen and oxygen atoms in total. The van der Waals surface area contributed by atoms with Crippen molar-refractivity contribution in [2.75, 3.05) is 11.5 Å². The zero-order valence-corrected chi connectivity index (χ0v) is 15.1. The second-order valence-corrected chi connectivity index (χ2v) is 8.51. The van der Waals surface area contributed by atoms with Crippen LogP contribution < -0.4 is 0 Å². The number of allylic oxidation sites excluding steroid dienone is 1. The van der Waals surface area contributed by atoms with Gasteiger partial charge in [-0.25, -0.2) is 0 Å². The zero-order valence-electron chi connectivity index (χ0n) is 13.4. The molecule has 1 aliphatic carbocycles. The second-order valence-electron chi connectivity index (χ2n) is 5.88. The summed E-state index contributed by atoms with van der Waals surface area (Å²) in [4.78, 5) is 0. The fourth-order valence-corrected chi connectivity index (χ4v) is 5.69. The molecule has 23 heavy (non-hydrogen) atoms. The summed E-state index contributed by atoms with van der Waals surface area (Å²) in [6, 6.07) is 21.7. The van der Waals surface area contributed by atoms with Crippen molar-refractivity contribution in [3.05, 3.63) is 83.9 Å². The normalized spacial score (nSPS) is 20.0. The van der Waals surface area contributed by atoms with Crippen LogP contribution in [0.2, 0.25) is 0 Å². The SMILES string of the molecule is C1=CC(SCCc2ccccc2)C(SCCc2ccccc2)C1. The Balaban J connectivity index is 1.38. The fourth-order valence-electron chi connectivity index (χ4n) is 2.86. The average Bonchev–Trinajstić information content (AvgIpc) is 3.04. The van der Waals surface area contributed by atoms with Crippen molar-refractivity contribution >= 4 is 23.5 Å². The van der Waals surface area contributed by atoms with E-state index in [9.17, 15) is 0 Å². The molecule has 0 aromatic heterocycles. The first-order chi connectivity index (χ1) is 11.4. The molecule has 120 valence electrons. The molecule has 0 N–H and O–H groups in total. The Morgan fingerprint density at radius 2 is 1.30 bits per heavy atom. The zero-order chi connectivity index (χ0) is 15.7. The number of thioether (sulfide) groups is 2. The lowest BCUT2D eigenvalue weighted by Crippen LogP contribution is -2.15. The van der Waals surface area contributed by atoms with Gasteiger partial charge in [-0.2, -0.15) is 23.5 Å². The molecule has 0 fully saturated rings. The molecule has 0 radical (unpaired) electrons. The summed E-state index contributed by atoms with van der Waals surface area (Å²) in [5.41, 5.74) is 2.91. The topological polar surface area (TPSA) is 0 Å². The summed E-state index contributed by atoms with van der Waals surface area (Å²) in [5, 5.41) is 1.46. The van der Waals surface area contributed by atoms with Gasteiger partial charge in [-0.3, -0.25) is 0 Å². The van der Waals surface area contributed by atoms with Crippen molar-refractivity contribution in [1.29, 1.82) is 0 Å². The molecule has 3 rings (SSSR count). The standard InChI is InChI=1S/C21H24S2/c1-3-8-18(9-4-1)14-16-22-20-12-7-13-21(20)23-17-15-19-10-5-2-6-11-19/h1-12,20-21H,13-17H2. The fraction of sp³-hybridized carbons (Fsp3) is 0.333. The van der Waals surface area contributed by atoms with Gasteiger partial charge in [-0.1, -0.05) is 72.8 Å². The molecule has 0 bridgehead atoms. The van der Waals surface area contributed by atoms with Gasteiger partial charge in [0.1, 0.15) is 0 Å². The summed E-state index contributed by atoms with van der Waals surface area (Å²) in [7, 11) is 0. The smallest absolute Gasteiger partial charge is 0.0349 e. The van der Waals surface area contributed by atoms with Crippen molar-refractivity contribution in [1.82, 2.24) is 0 Å². The van der Waals surface area contributed by atoms with Crippen LogP contribution in [-0.4, -0.2) is 22.0 Å². The van der Waals surface area contributed by atoms with E-state index in [1.807, 2.05) is 0 Å². The Labute approximate surface area is 148 Å². The van der Waals surface area contributed by atoms with E-state index in [1.54, 1.807) is 0 Å². The Morgan fingerprint density at radius 3 is 1.91 bits per heavy atom. The van der Waals surface area contributed by atoms with Gasteiger partial charge in [-0.15, -0.1) is 0 Å². The van der Waals surface area contributed by atoms with Crippen LogP contribution in [0.4, 0.5) is 0 Å². The maximum atomic E-state index is 2.43. The third-order valence-corrected chi connectivity index (χ3v) is 7.01. The lowest BCUT2D eigenvalue weighted by molar-refractivity contribution is 0.958. The highest BCUT2D eigenvalue weighted by Gasteiger charge is 2.23. The molecule has 2 atom stereocenters. The highest BCUT2D eigenvalue weighted by atomic mass is 32.2. The van der Waals surface area contributed by atoms with E-state index in [-0.39, 0.29) is 0 Å². The highest BCUT2D eigenvalue weighted by molar-refractivity contribution is 8.03. The summed E-state index contributed by atoms with van der Waals surface area (Å²) in [6.45, 7) is 0. The maximum Gasteiger partial charge on any atom is 0.0349 e. The maximum absolute atomic E-state index is 2.43. The minimum atomic E-state index is 0.694. The molecule has 2 aromatic rings. The van der Waals surface area contributed by atoms with Crippen LogP contribution in [0.15, 0.2) is 72.8 Å². The number of hydrogen-bond acceptors (Lipinski definition) is 2. The summed E-state index contributed by atoms with van der Waals surface area (Å²) >= 11 is 4.28. The minimum absolute atomic E-state index is 0.694. The van der Waals surface area contributed by atoms with Crippen LogP contribution in [0.5, 0.6) is 0 Å². The molecule has 2 unspecified atom stereocenters. The Hall–Kier alpha value is -1.12. The molecule has 0 saturated carbocycles. The third kappa shape index (κ3) is 5.47. The molecule has 2 heteroatoms. The van der Waals surface area contributed by atoms with Crippen LogP contribution in [-0.2, 0) is 12.8 Å². The van der Waals surface area contributed by atoms with Crippen molar-refractivity contribution < 1.29 is 0 Å². The van der Waals surface area contributed by atoms with Gasteiger partial charge in [0.05, 0.1) is 0 Å². The third-order valence-electron chi connectivity index (χ3n) is 4.17. The van der Waals surface area contributed by atoms with Crippen LogP contribution in [0.1, 0.15) is 17.5 Å². The second kappa shape index (κ2) is 9.24. The molecular formula is C21H24S2. The van der Waals surface area contributed by atoms with Crippen molar-refractivity contribution in [3.63, 3.8) is 0 Å². The summed E-state index contributed by atoms with van der Waals surface area (Å²) in [6.07, 6.45) is 8.40. The number of rotatable bonds is 8. The minimum Gasteiger partial charge on any atom is -0.156 e. The molecule has 0 heterocycles. The van der Waals surface area contributed by atoms with Crippen LogP contribution in [0.3, 0.4) is 0 Å². The van der Waals surface area contributed by atoms with Gasteiger partial charge in [0.25, 0.3) is 0 Å². The molecule has 1 aliphatic rings. The van der Waals surface area contributed by atoms with Crippen LogP contribution in [0, 0.1) is 0 Å². The van der Waals surface area contributed by atoms with Crippen molar-refractivity contribution in [3.8, 4) is 0 Å². The highest BCUT2D eigenvalue weighted by Crippen LogP contribution is 2.33. The Bertz CT molecular complexity index is 592. The summed E-state index contributed by atoms with van der Waals surface area (Å²) in [5.74, 6) is 2.45. The molecular weight excluding hydrogens is 316 g/mol. The first-order valence-electron chi connectivity index (χ1n) is 8.39. The van der Waals surface area contributed by atoms with Crippen LogP contribution >= 0.6 is 23.5 Å². The van der Waals surface area contributed by atoms with Gasteiger partial charge < -0.3 is 0 Å². The first-order valence-corrected chi connectivity index (χ1v) is 10.5. The van der Waals surface area contributed by atoms with E-state index < -0.39 is 0 Å². The molecule has 0 aliphatic heterocycles. The summed E-state index contributed by atoms with van der Waals surface area (Å²) < 4.78 is 0. The van der Waals surface area contributed by atoms with Crippen molar-refractivity contribution in [2.45, 2.75) is 29.8 Å². The molecule has 2 aromatic carbocycles. The van der Waals surface area contributed by atoms with Gasteiger partial charge in [0.2, 0.25) is 0 Å². The lowest BCUT2D eigenvalue weighted by atomic mass is 10.2. The predicted molar refractivity (Wildman–Crippen MR) is 107 cm³/mol. The van der Waals surface area contributed by atoms with E-state index in [4.69, 9.17) is 0 Å². The molecule has 0 saturated heterocycles. The lowest BCUT2D eigenvalue weighted by Gasteiger charge is -2.18. The van der Waals surface area contributed by atoms with Gasteiger partial charge in [0.15, 0.2) is 0 Å². The Kier molecular flexibility index (Phi) is 6.72. The number of hydrogen-bond donors (Lipinski definition) is 0. The van der Waals surface area contributed by atoms with E-state index >= 15 is 0 Å². The van der Waals surface area contributed by atoms with E-state index in [1.165, 1.54) is 41.9 Å². The number of aryl methyl sites for hydroxylation is 2. The van der Waals surface area contributed by atoms with Gasteiger partial charge >= 0.3 is 0 Å². The van der Waals surface area contributed by atoms with Gasteiger partial charge in [0, 0.05) is 10.5 Å². The molecule has 0 amide bonds. The quantitative estimate of drug-likeness (QED) is 0.571. The number of benzene rings is 2. The monoisotopic (exact) mass is 340 g/mol. The van der Waals surface area contributed by atoms with E-state index in [0.717, 1.165) is 5.25 Å². The van der Waals surface area contributed by atoms with E-state index in [0.29, 0.717) is 5.25 Å². The Morgan fingerprint density at radius 1 is 0.739 bits per heavy atom. The van der Waals surface area contributed by atoms with E-state index in [2.05, 4.69) is 96.3 Å². The average molecular weight is 341 g/mol. The largest absolute Gasteiger partial charge is 0.156 e. The molecule has 0 spiro atoms. The van der Waals surface area contributed by atoms with Gasteiger partial charge in [-0.05, 0) is 41.9 Å².